The summed E-state index contributed by atoms with van der Waals surface area (Å²) in [5.74, 6) is -0.588. The summed E-state index contributed by atoms with van der Waals surface area (Å²) < 4.78 is 30.6. The Morgan fingerprint density at radius 2 is 1.82 bits per heavy atom. The summed E-state index contributed by atoms with van der Waals surface area (Å²) in [7, 11) is -3.98. The van der Waals surface area contributed by atoms with E-state index in [0.717, 1.165) is 5.56 Å². The van der Waals surface area contributed by atoms with Gasteiger partial charge >= 0.3 is 0 Å². The molecule has 1 aromatic carbocycles. The Morgan fingerprint density at radius 1 is 1.24 bits per heavy atom. The monoisotopic (exact) mass is 258 g/mol. The van der Waals surface area contributed by atoms with E-state index in [1.807, 2.05) is 30.3 Å². The number of aliphatic hydroxyl groups excluding tert-OH is 1. The molecule has 1 aromatic rings. The van der Waals surface area contributed by atoms with Gasteiger partial charge in [-0.2, -0.15) is 8.42 Å². The minimum Gasteiger partial charge on any atom is -0.396 e. The van der Waals surface area contributed by atoms with Gasteiger partial charge in [0.1, 0.15) is 0 Å². The van der Waals surface area contributed by atoms with Crippen LogP contribution in [0.3, 0.4) is 0 Å². The van der Waals surface area contributed by atoms with Crippen LogP contribution < -0.4 is 0 Å². The van der Waals surface area contributed by atoms with E-state index < -0.39 is 10.1 Å². The maximum absolute atomic E-state index is 10.9. The first-order valence-corrected chi connectivity index (χ1v) is 7.16. The average molecular weight is 258 g/mol. The molecule has 5 heteroatoms. The Bertz CT molecular complexity index is 427. The van der Waals surface area contributed by atoms with Gasteiger partial charge in [-0.15, -0.1) is 0 Å². The molecule has 0 spiro atoms. The molecular weight excluding hydrogens is 240 g/mol. The lowest BCUT2D eigenvalue weighted by molar-refractivity contribution is 0.261. The van der Waals surface area contributed by atoms with Crippen molar-refractivity contribution in [3.05, 3.63) is 35.9 Å². The van der Waals surface area contributed by atoms with Crippen molar-refractivity contribution in [3.63, 3.8) is 0 Å². The molecule has 0 amide bonds. The second kappa shape index (κ2) is 6.14. The van der Waals surface area contributed by atoms with Gasteiger partial charge in [0.25, 0.3) is 10.1 Å². The Morgan fingerprint density at radius 3 is 2.29 bits per heavy atom. The fourth-order valence-electron chi connectivity index (χ4n) is 2.07. The largest absolute Gasteiger partial charge is 0.396 e. The van der Waals surface area contributed by atoms with Crippen LogP contribution in [-0.4, -0.2) is 30.4 Å². The predicted octanol–water partition coefficient (Wildman–Crippen LogP) is 1.68. The zero-order valence-corrected chi connectivity index (χ0v) is 10.6. The number of aliphatic hydroxyl groups is 1. The molecule has 0 aromatic heterocycles. The van der Waals surface area contributed by atoms with Gasteiger partial charge in [-0.3, -0.25) is 4.55 Å². The van der Waals surface area contributed by atoms with Crippen LogP contribution in [0.15, 0.2) is 30.3 Å². The van der Waals surface area contributed by atoms with E-state index in [4.69, 9.17) is 9.66 Å². The molecule has 0 fully saturated rings. The average Bonchev–Trinajstić information content (AvgIpc) is 2.24. The maximum atomic E-state index is 10.9. The zero-order chi connectivity index (χ0) is 12.9. The number of benzene rings is 1. The molecular formula is C12H18O4S. The molecule has 0 bridgehead atoms. The van der Waals surface area contributed by atoms with E-state index in [-0.39, 0.29) is 24.2 Å². The van der Waals surface area contributed by atoms with Crippen LogP contribution >= 0.6 is 0 Å². The maximum Gasteiger partial charge on any atom is 0.265 e. The van der Waals surface area contributed by atoms with Gasteiger partial charge in [0, 0.05) is 6.61 Å². The third-order valence-electron chi connectivity index (χ3n) is 2.83. The van der Waals surface area contributed by atoms with Crippen molar-refractivity contribution in [3.8, 4) is 0 Å². The molecule has 0 saturated carbocycles. The van der Waals surface area contributed by atoms with Crippen molar-refractivity contribution >= 4 is 10.1 Å². The van der Waals surface area contributed by atoms with E-state index in [0.29, 0.717) is 6.42 Å². The lowest BCUT2D eigenvalue weighted by atomic mass is 9.86. The fraction of sp³-hybridized carbons (Fsp3) is 0.500. The van der Waals surface area contributed by atoms with Crippen molar-refractivity contribution in [2.24, 2.45) is 5.92 Å². The van der Waals surface area contributed by atoms with Crippen LogP contribution in [0.2, 0.25) is 0 Å². The van der Waals surface area contributed by atoms with E-state index in [1.165, 1.54) is 0 Å². The fourth-order valence-corrected chi connectivity index (χ4v) is 2.96. The van der Waals surface area contributed by atoms with Gasteiger partial charge < -0.3 is 5.11 Å². The van der Waals surface area contributed by atoms with Crippen LogP contribution in [0.1, 0.15) is 24.8 Å². The summed E-state index contributed by atoms with van der Waals surface area (Å²) in [4.78, 5) is 0. The molecule has 96 valence electrons. The van der Waals surface area contributed by atoms with Crippen LogP contribution in [0.4, 0.5) is 0 Å². The highest BCUT2D eigenvalue weighted by Crippen LogP contribution is 2.28. The number of hydrogen-bond donors (Lipinski definition) is 2. The summed E-state index contributed by atoms with van der Waals surface area (Å²) in [6, 6.07) is 9.44. The van der Waals surface area contributed by atoms with Crippen LogP contribution in [0, 0.1) is 5.92 Å². The van der Waals surface area contributed by atoms with Crippen LogP contribution in [0.5, 0.6) is 0 Å². The van der Waals surface area contributed by atoms with Gasteiger partial charge in [0.2, 0.25) is 0 Å². The molecule has 17 heavy (non-hydrogen) atoms. The molecule has 2 unspecified atom stereocenters. The molecule has 0 aliphatic rings. The lowest BCUT2D eigenvalue weighted by Crippen LogP contribution is -2.20. The minimum absolute atomic E-state index is 0.00459. The van der Waals surface area contributed by atoms with E-state index in [1.54, 1.807) is 6.92 Å². The molecule has 2 N–H and O–H groups in total. The van der Waals surface area contributed by atoms with Gasteiger partial charge in [-0.25, -0.2) is 0 Å². The minimum atomic E-state index is -3.98. The quantitative estimate of drug-likeness (QED) is 0.761. The summed E-state index contributed by atoms with van der Waals surface area (Å²) in [5.41, 5.74) is 0.984. The van der Waals surface area contributed by atoms with E-state index >= 15 is 0 Å². The van der Waals surface area contributed by atoms with Crippen LogP contribution in [-0.2, 0) is 10.1 Å². The number of rotatable bonds is 6. The van der Waals surface area contributed by atoms with Gasteiger partial charge in [0.05, 0.1) is 5.75 Å². The third-order valence-corrected chi connectivity index (χ3v) is 3.78. The molecule has 0 heterocycles. The molecule has 0 saturated heterocycles. The Hall–Kier alpha value is -0.910. The molecule has 4 nitrogen and oxygen atoms in total. The molecule has 1 rings (SSSR count). The first-order chi connectivity index (χ1) is 7.94. The normalized spacial score (nSPS) is 15.5. The smallest absolute Gasteiger partial charge is 0.265 e. The van der Waals surface area contributed by atoms with Crippen molar-refractivity contribution in [1.29, 1.82) is 0 Å². The number of hydrogen-bond acceptors (Lipinski definition) is 3. The zero-order valence-electron chi connectivity index (χ0n) is 9.78. The topological polar surface area (TPSA) is 74.6 Å². The Labute approximate surface area is 102 Å². The summed E-state index contributed by atoms with van der Waals surface area (Å²) in [5, 5.41) is 9.03. The lowest BCUT2D eigenvalue weighted by Gasteiger charge is -2.22. The first-order valence-electron chi connectivity index (χ1n) is 5.55. The molecule has 0 radical (unpaired) electrons. The first kappa shape index (κ1) is 14.2. The Kier molecular flexibility index (Phi) is 5.11. The van der Waals surface area contributed by atoms with Crippen molar-refractivity contribution in [2.45, 2.75) is 19.3 Å². The highest BCUT2D eigenvalue weighted by Gasteiger charge is 2.23. The second-order valence-electron chi connectivity index (χ2n) is 4.26. The van der Waals surface area contributed by atoms with Gasteiger partial charge in [0.15, 0.2) is 0 Å². The van der Waals surface area contributed by atoms with E-state index in [9.17, 15) is 8.42 Å². The second-order valence-corrected chi connectivity index (χ2v) is 5.75. The summed E-state index contributed by atoms with van der Waals surface area (Å²) >= 11 is 0. The Balaban J connectivity index is 2.86. The summed E-state index contributed by atoms with van der Waals surface area (Å²) in [6.07, 6.45) is 0.487. The molecule has 0 aliphatic heterocycles. The molecule has 0 aliphatic carbocycles. The van der Waals surface area contributed by atoms with Crippen LogP contribution in [0.25, 0.3) is 0 Å². The van der Waals surface area contributed by atoms with Gasteiger partial charge in [-0.05, 0) is 23.8 Å². The highest BCUT2D eigenvalue weighted by atomic mass is 32.2. The highest BCUT2D eigenvalue weighted by molar-refractivity contribution is 7.85. The molecule has 2 atom stereocenters. The van der Waals surface area contributed by atoms with Crippen molar-refractivity contribution < 1.29 is 18.1 Å². The third kappa shape index (κ3) is 4.85. The predicted molar refractivity (Wildman–Crippen MR) is 66.5 cm³/mol. The van der Waals surface area contributed by atoms with Crippen molar-refractivity contribution in [1.82, 2.24) is 0 Å². The van der Waals surface area contributed by atoms with Gasteiger partial charge in [-0.1, -0.05) is 37.3 Å². The van der Waals surface area contributed by atoms with E-state index in [2.05, 4.69) is 0 Å². The SMILES string of the molecule is CC(CS(=O)(=O)O)C(CCO)c1ccccc1. The standard InChI is InChI=1S/C12H18O4S/c1-10(9-17(14,15)16)12(7-8-13)11-5-3-2-4-6-11/h2-6,10,12-13H,7-9H2,1H3,(H,14,15,16). The summed E-state index contributed by atoms with van der Waals surface area (Å²) in [6.45, 7) is 1.76. The van der Waals surface area contributed by atoms with Crippen molar-refractivity contribution in [2.75, 3.05) is 12.4 Å².